The molecule has 16 heavy (non-hydrogen) atoms. The summed E-state index contributed by atoms with van der Waals surface area (Å²) < 4.78 is 5.60. The molecule has 0 aromatic heterocycles. The van der Waals surface area contributed by atoms with Crippen molar-refractivity contribution in [1.29, 1.82) is 0 Å². The molecule has 88 valence electrons. The van der Waals surface area contributed by atoms with Gasteiger partial charge >= 0.3 is 5.97 Å². The van der Waals surface area contributed by atoms with Crippen LogP contribution in [0, 0.1) is 0 Å². The normalized spacial score (nSPS) is 10.1. The minimum atomic E-state index is -0.744. The number of carboxylic acid groups (broad SMARTS) is 1. The van der Waals surface area contributed by atoms with Crippen LogP contribution in [0.25, 0.3) is 0 Å². The van der Waals surface area contributed by atoms with E-state index in [0.29, 0.717) is 13.0 Å². The summed E-state index contributed by atoms with van der Waals surface area (Å²) in [6, 6.07) is 7.82. The molecule has 0 heterocycles. The molecule has 0 unspecified atom stereocenters. The fraction of sp³-hybridized carbons (Fsp3) is 0.462. The number of hydrogen-bond donors (Lipinski definition) is 1. The van der Waals surface area contributed by atoms with E-state index in [9.17, 15) is 4.79 Å². The molecule has 0 aliphatic heterocycles. The van der Waals surface area contributed by atoms with E-state index >= 15 is 0 Å². The van der Waals surface area contributed by atoms with Crippen molar-refractivity contribution in [2.24, 2.45) is 0 Å². The van der Waals surface area contributed by atoms with Crippen molar-refractivity contribution >= 4 is 5.97 Å². The number of hydrogen-bond acceptors (Lipinski definition) is 2. The van der Waals surface area contributed by atoms with Crippen molar-refractivity contribution in [3.8, 4) is 5.75 Å². The van der Waals surface area contributed by atoms with Crippen molar-refractivity contribution in [3.63, 3.8) is 0 Å². The number of aryl methyl sites for hydroxylation is 1. The zero-order valence-electron chi connectivity index (χ0n) is 9.61. The molecule has 0 saturated heterocycles. The zero-order chi connectivity index (χ0) is 11.8. The molecular weight excluding hydrogens is 204 g/mol. The van der Waals surface area contributed by atoms with Crippen LogP contribution in [-0.2, 0) is 11.2 Å². The lowest BCUT2D eigenvalue weighted by atomic mass is 10.1. The molecule has 1 aromatic rings. The van der Waals surface area contributed by atoms with Gasteiger partial charge in [-0.2, -0.15) is 0 Å². The Morgan fingerprint density at radius 1 is 1.38 bits per heavy atom. The van der Waals surface area contributed by atoms with Crippen LogP contribution in [0.4, 0.5) is 0 Å². The van der Waals surface area contributed by atoms with E-state index < -0.39 is 5.97 Å². The van der Waals surface area contributed by atoms with Gasteiger partial charge in [0.25, 0.3) is 0 Å². The Morgan fingerprint density at radius 2 is 2.12 bits per heavy atom. The molecule has 0 atom stereocenters. The van der Waals surface area contributed by atoms with Crippen LogP contribution in [0.5, 0.6) is 5.75 Å². The third kappa shape index (κ3) is 4.34. The second-order valence-corrected chi connectivity index (χ2v) is 3.70. The van der Waals surface area contributed by atoms with Gasteiger partial charge in [0.05, 0.1) is 6.61 Å². The summed E-state index contributed by atoms with van der Waals surface area (Å²) in [4.78, 5) is 10.4. The Balaban J connectivity index is 2.52. The predicted octanol–water partition coefficient (Wildman–Crippen LogP) is 2.88. The first kappa shape index (κ1) is 12.6. The topological polar surface area (TPSA) is 46.5 Å². The fourth-order valence-corrected chi connectivity index (χ4v) is 1.49. The van der Waals surface area contributed by atoms with Crippen LogP contribution in [0.2, 0.25) is 0 Å². The maximum Gasteiger partial charge on any atom is 0.303 e. The SMILES string of the molecule is CCCOc1ccccc1CCCC(=O)O. The van der Waals surface area contributed by atoms with Gasteiger partial charge in [-0.3, -0.25) is 4.79 Å². The number of carbonyl (C=O) groups is 1. The van der Waals surface area contributed by atoms with Gasteiger partial charge in [0.15, 0.2) is 0 Å². The van der Waals surface area contributed by atoms with E-state index in [1.165, 1.54) is 0 Å². The highest BCUT2D eigenvalue weighted by Crippen LogP contribution is 2.20. The number of para-hydroxylation sites is 1. The molecule has 1 N–H and O–H groups in total. The molecule has 0 fully saturated rings. The van der Waals surface area contributed by atoms with Crippen LogP contribution in [0.3, 0.4) is 0 Å². The molecule has 0 aliphatic rings. The minimum Gasteiger partial charge on any atom is -0.493 e. The van der Waals surface area contributed by atoms with Crippen molar-refractivity contribution in [1.82, 2.24) is 0 Å². The van der Waals surface area contributed by atoms with E-state index in [1.54, 1.807) is 0 Å². The quantitative estimate of drug-likeness (QED) is 0.771. The molecule has 0 spiro atoms. The van der Waals surface area contributed by atoms with Crippen molar-refractivity contribution in [3.05, 3.63) is 29.8 Å². The Morgan fingerprint density at radius 3 is 2.81 bits per heavy atom. The summed E-state index contributed by atoms with van der Waals surface area (Å²) in [6.45, 7) is 2.77. The standard InChI is InChI=1S/C13H18O3/c1-2-10-16-12-8-4-3-6-11(12)7-5-9-13(14)15/h3-4,6,8H,2,5,7,9-10H2,1H3,(H,14,15). The zero-order valence-corrected chi connectivity index (χ0v) is 9.61. The average molecular weight is 222 g/mol. The average Bonchev–Trinajstić information content (AvgIpc) is 2.27. The fourth-order valence-electron chi connectivity index (χ4n) is 1.49. The summed E-state index contributed by atoms with van der Waals surface area (Å²) in [5, 5.41) is 8.57. The van der Waals surface area contributed by atoms with Gasteiger partial charge in [0, 0.05) is 6.42 Å². The lowest BCUT2D eigenvalue weighted by Gasteiger charge is -2.09. The van der Waals surface area contributed by atoms with E-state index in [2.05, 4.69) is 6.92 Å². The largest absolute Gasteiger partial charge is 0.493 e. The van der Waals surface area contributed by atoms with Gasteiger partial charge in [0.1, 0.15) is 5.75 Å². The first-order valence-corrected chi connectivity index (χ1v) is 5.66. The van der Waals surface area contributed by atoms with E-state index in [4.69, 9.17) is 9.84 Å². The first-order chi connectivity index (χ1) is 7.74. The molecule has 0 saturated carbocycles. The first-order valence-electron chi connectivity index (χ1n) is 5.66. The summed E-state index contributed by atoms with van der Waals surface area (Å²) >= 11 is 0. The van der Waals surface area contributed by atoms with Gasteiger partial charge < -0.3 is 9.84 Å². The van der Waals surface area contributed by atoms with Crippen LogP contribution in [0.1, 0.15) is 31.7 Å². The number of aliphatic carboxylic acids is 1. The molecule has 0 aliphatic carbocycles. The molecule has 0 radical (unpaired) electrons. The maximum absolute atomic E-state index is 10.4. The van der Waals surface area contributed by atoms with Gasteiger partial charge in [-0.15, -0.1) is 0 Å². The van der Waals surface area contributed by atoms with Crippen LogP contribution >= 0.6 is 0 Å². The second kappa shape index (κ2) is 6.88. The van der Waals surface area contributed by atoms with Crippen LogP contribution in [-0.4, -0.2) is 17.7 Å². The summed E-state index contributed by atoms with van der Waals surface area (Å²) in [5.74, 6) is 0.140. The highest BCUT2D eigenvalue weighted by atomic mass is 16.5. The monoisotopic (exact) mass is 222 g/mol. The number of benzene rings is 1. The lowest BCUT2D eigenvalue weighted by Crippen LogP contribution is -2.00. The van der Waals surface area contributed by atoms with Gasteiger partial charge in [-0.05, 0) is 30.9 Å². The number of carboxylic acids is 1. The third-order valence-corrected chi connectivity index (χ3v) is 2.27. The smallest absolute Gasteiger partial charge is 0.303 e. The van der Waals surface area contributed by atoms with E-state index in [-0.39, 0.29) is 6.42 Å². The van der Waals surface area contributed by atoms with Crippen LogP contribution in [0.15, 0.2) is 24.3 Å². The molecule has 0 bridgehead atoms. The van der Waals surface area contributed by atoms with Gasteiger partial charge in [-0.25, -0.2) is 0 Å². The molecule has 3 nitrogen and oxygen atoms in total. The molecule has 1 rings (SSSR count). The van der Waals surface area contributed by atoms with E-state index in [0.717, 1.165) is 24.2 Å². The van der Waals surface area contributed by atoms with Gasteiger partial charge in [0.2, 0.25) is 0 Å². The Kier molecular flexibility index (Phi) is 5.40. The number of ether oxygens (including phenoxy) is 1. The third-order valence-electron chi connectivity index (χ3n) is 2.27. The van der Waals surface area contributed by atoms with Crippen molar-refractivity contribution in [2.75, 3.05) is 6.61 Å². The Bertz CT molecular complexity index is 334. The van der Waals surface area contributed by atoms with Crippen molar-refractivity contribution < 1.29 is 14.6 Å². The summed E-state index contributed by atoms with van der Waals surface area (Å²) in [5.41, 5.74) is 1.09. The maximum atomic E-state index is 10.4. The predicted molar refractivity (Wildman–Crippen MR) is 62.8 cm³/mol. The highest BCUT2D eigenvalue weighted by molar-refractivity contribution is 5.66. The highest BCUT2D eigenvalue weighted by Gasteiger charge is 2.04. The lowest BCUT2D eigenvalue weighted by molar-refractivity contribution is -0.137. The summed E-state index contributed by atoms with van der Waals surface area (Å²) in [7, 11) is 0. The van der Waals surface area contributed by atoms with E-state index in [1.807, 2.05) is 24.3 Å². The minimum absolute atomic E-state index is 0.210. The molecule has 1 aromatic carbocycles. The van der Waals surface area contributed by atoms with Crippen molar-refractivity contribution in [2.45, 2.75) is 32.6 Å². The van der Waals surface area contributed by atoms with Crippen LogP contribution < -0.4 is 4.74 Å². The molecule has 3 heteroatoms. The summed E-state index contributed by atoms with van der Waals surface area (Å²) in [6.07, 6.45) is 2.60. The molecular formula is C13H18O3. The second-order valence-electron chi connectivity index (χ2n) is 3.70. The Labute approximate surface area is 96.1 Å². The Hall–Kier alpha value is -1.51. The number of rotatable bonds is 7. The molecule has 0 amide bonds. The van der Waals surface area contributed by atoms with Gasteiger partial charge in [-0.1, -0.05) is 25.1 Å².